The van der Waals surface area contributed by atoms with E-state index in [0.717, 1.165) is 11.1 Å². The SMILES string of the molecule is COc1ccc(C(N)c2ccc(C)cc2)c(OC)c1OC. The second-order valence-electron chi connectivity index (χ2n) is 4.81. The molecule has 0 spiro atoms. The molecule has 112 valence electrons. The van der Waals surface area contributed by atoms with Gasteiger partial charge in [-0.15, -0.1) is 0 Å². The van der Waals surface area contributed by atoms with Crippen molar-refractivity contribution >= 4 is 0 Å². The van der Waals surface area contributed by atoms with Crippen LogP contribution in [0, 0.1) is 6.92 Å². The molecule has 2 N–H and O–H groups in total. The first kappa shape index (κ1) is 15.2. The molecule has 0 fully saturated rings. The van der Waals surface area contributed by atoms with Gasteiger partial charge in [-0.05, 0) is 24.6 Å². The smallest absolute Gasteiger partial charge is 0.203 e. The van der Waals surface area contributed by atoms with Gasteiger partial charge in [-0.25, -0.2) is 0 Å². The summed E-state index contributed by atoms with van der Waals surface area (Å²) in [7, 11) is 4.78. The van der Waals surface area contributed by atoms with E-state index in [0.29, 0.717) is 17.2 Å². The number of nitrogens with two attached hydrogens (primary N) is 1. The number of aryl methyl sites for hydroxylation is 1. The summed E-state index contributed by atoms with van der Waals surface area (Å²) in [6.45, 7) is 2.05. The Morgan fingerprint density at radius 3 is 1.95 bits per heavy atom. The fourth-order valence-electron chi connectivity index (χ4n) is 2.32. The lowest BCUT2D eigenvalue weighted by Crippen LogP contribution is -2.13. The van der Waals surface area contributed by atoms with Gasteiger partial charge in [0.05, 0.1) is 27.4 Å². The molecule has 0 saturated heterocycles. The molecule has 0 aromatic heterocycles. The van der Waals surface area contributed by atoms with Crippen LogP contribution >= 0.6 is 0 Å². The molecule has 0 heterocycles. The summed E-state index contributed by atoms with van der Waals surface area (Å²) >= 11 is 0. The Morgan fingerprint density at radius 1 is 0.810 bits per heavy atom. The van der Waals surface area contributed by atoms with E-state index in [-0.39, 0.29) is 6.04 Å². The maximum absolute atomic E-state index is 6.38. The number of benzene rings is 2. The molecule has 2 aromatic carbocycles. The van der Waals surface area contributed by atoms with Gasteiger partial charge >= 0.3 is 0 Å². The molecule has 1 atom stereocenters. The van der Waals surface area contributed by atoms with Gasteiger partial charge in [0.1, 0.15) is 0 Å². The predicted octanol–water partition coefficient (Wildman–Crippen LogP) is 3.07. The van der Waals surface area contributed by atoms with Crippen LogP contribution in [0.3, 0.4) is 0 Å². The van der Waals surface area contributed by atoms with E-state index < -0.39 is 0 Å². The lowest BCUT2D eigenvalue weighted by atomic mass is 9.97. The third-order valence-corrected chi connectivity index (χ3v) is 3.51. The molecule has 21 heavy (non-hydrogen) atoms. The molecule has 0 aliphatic heterocycles. The van der Waals surface area contributed by atoms with Gasteiger partial charge in [-0.1, -0.05) is 29.8 Å². The Morgan fingerprint density at radius 2 is 1.43 bits per heavy atom. The van der Waals surface area contributed by atoms with Crippen molar-refractivity contribution in [3.8, 4) is 17.2 Å². The van der Waals surface area contributed by atoms with E-state index in [2.05, 4.69) is 0 Å². The topological polar surface area (TPSA) is 53.7 Å². The van der Waals surface area contributed by atoms with Crippen LogP contribution in [0.15, 0.2) is 36.4 Å². The van der Waals surface area contributed by atoms with Gasteiger partial charge in [-0.2, -0.15) is 0 Å². The van der Waals surface area contributed by atoms with Gasteiger partial charge in [0.15, 0.2) is 11.5 Å². The molecule has 0 aliphatic rings. The van der Waals surface area contributed by atoms with Gasteiger partial charge in [0.2, 0.25) is 5.75 Å². The van der Waals surface area contributed by atoms with Gasteiger partial charge in [0.25, 0.3) is 0 Å². The monoisotopic (exact) mass is 287 g/mol. The summed E-state index contributed by atoms with van der Waals surface area (Å²) < 4.78 is 16.2. The first-order valence-corrected chi connectivity index (χ1v) is 6.73. The van der Waals surface area contributed by atoms with Crippen LogP contribution in [0.5, 0.6) is 17.2 Å². The Balaban J connectivity index is 2.50. The van der Waals surface area contributed by atoms with E-state index >= 15 is 0 Å². The third-order valence-electron chi connectivity index (χ3n) is 3.51. The molecule has 0 amide bonds. The number of ether oxygens (including phenoxy) is 3. The van der Waals surface area contributed by atoms with Crippen LogP contribution in [-0.4, -0.2) is 21.3 Å². The van der Waals surface area contributed by atoms with Crippen LogP contribution in [0.25, 0.3) is 0 Å². The van der Waals surface area contributed by atoms with Crippen LogP contribution < -0.4 is 19.9 Å². The van der Waals surface area contributed by atoms with E-state index in [1.807, 2.05) is 43.3 Å². The van der Waals surface area contributed by atoms with E-state index in [1.165, 1.54) is 5.56 Å². The summed E-state index contributed by atoms with van der Waals surface area (Å²) in [5, 5.41) is 0. The zero-order valence-electron chi connectivity index (χ0n) is 12.8. The summed E-state index contributed by atoms with van der Waals surface area (Å²) in [4.78, 5) is 0. The van der Waals surface area contributed by atoms with Gasteiger partial charge < -0.3 is 19.9 Å². The number of hydrogen-bond acceptors (Lipinski definition) is 4. The predicted molar refractivity (Wildman–Crippen MR) is 83.3 cm³/mol. The highest BCUT2D eigenvalue weighted by Crippen LogP contribution is 2.42. The highest BCUT2D eigenvalue weighted by molar-refractivity contribution is 5.58. The zero-order valence-corrected chi connectivity index (χ0v) is 12.8. The highest BCUT2D eigenvalue weighted by Gasteiger charge is 2.20. The second-order valence-corrected chi connectivity index (χ2v) is 4.81. The minimum absolute atomic E-state index is 0.291. The molecule has 2 aromatic rings. The maximum Gasteiger partial charge on any atom is 0.203 e. The minimum atomic E-state index is -0.291. The number of methoxy groups -OCH3 is 3. The van der Waals surface area contributed by atoms with Crippen LogP contribution in [0.4, 0.5) is 0 Å². The Labute approximate surface area is 125 Å². The second kappa shape index (κ2) is 6.50. The minimum Gasteiger partial charge on any atom is -0.493 e. The Hall–Kier alpha value is -2.20. The fraction of sp³-hybridized carbons (Fsp3) is 0.294. The molecular formula is C17H21NO3. The number of hydrogen-bond donors (Lipinski definition) is 1. The number of rotatable bonds is 5. The molecule has 4 heteroatoms. The zero-order chi connectivity index (χ0) is 15.4. The Kier molecular flexibility index (Phi) is 4.70. The average Bonchev–Trinajstić information content (AvgIpc) is 2.53. The standard InChI is InChI=1S/C17H21NO3/c1-11-5-7-12(8-6-11)15(18)13-9-10-14(19-2)17(21-4)16(13)20-3/h5-10,15H,18H2,1-4H3. The molecule has 1 unspecified atom stereocenters. The summed E-state index contributed by atoms with van der Waals surface area (Å²) in [6, 6.07) is 11.6. The van der Waals surface area contributed by atoms with Crippen LogP contribution in [0.2, 0.25) is 0 Å². The van der Waals surface area contributed by atoms with Crippen molar-refractivity contribution in [1.82, 2.24) is 0 Å². The highest BCUT2D eigenvalue weighted by atomic mass is 16.5. The van der Waals surface area contributed by atoms with Crippen LogP contribution in [0.1, 0.15) is 22.7 Å². The molecule has 0 radical (unpaired) electrons. The van der Waals surface area contributed by atoms with Crippen molar-refractivity contribution in [2.24, 2.45) is 5.73 Å². The average molecular weight is 287 g/mol. The lowest BCUT2D eigenvalue weighted by molar-refractivity contribution is 0.321. The van der Waals surface area contributed by atoms with E-state index in [4.69, 9.17) is 19.9 Å². The van der Waals surface area contributed by atoms with Gasteiger partial charge in [0, 0.05) is 5.56 Å². The fourth-order valence-corrected chi connectivity index (χ4v) is 2.32. The summed E-state index contributed by atoms with van der Waals surface area (Å²) in [6.07, 6.45) is 0. The largest absolute Gasteiger partial charge is 0.493 e. The molecule has 2 rings (SSSR count). The third kappa shape index (κ3) is 2.95. The van der Waals surface area contributed by atoms with E-state index in [1.54, 1.807) is 21.3 Å². The van der Waals surface area contributed by atoms with Crippen molar-refractivity contribution < 1.29 is 14.2 Å². The molecule has 4 nitrogen and oxygen atoms in total. The van der Waals surface area contributed by atoms with Crippen molar-refractivity contribution in [2.45, 2.75) is 13.0 Å². The van der Waals surface area contributed by atoms with Crippen molar-refractivity contribution in [1.29, 1.82) is 0 Å². The van der Waals surface area contributed by atoms with Crippen molar-refractivity contribution in [3.05, 3.63) is 53.1 Å². The quantitative estimate of drug-likeness (QED) is 0.918. The van der Waals surface area contributed by atoms with E-state index in [9.17, 15) is 0 Å². The lowest BCUT2D eigenvalue weighted by Gasteiger charge is -2.20. The normalized spacial score (nSPS) is 11.9. The van der Waals surface area contributed by atoms with Crippen molar-refractivity contribution in [2.75, 3.05) is 21.3 Å². The first-order chi connectivity index (χ1) is 10.1. The maximum atomic E-state index is 6.38. The van der Waals surface area contributed by atoms with Crippen LogP contribution in [-0.2, 0) is 0 Å². The molecule has 0 bridgehead atoms. The first-order valence-electron chi connectivity index (χ1n) is 6.73. The molecule has 0 aliphatic carbocycles. The van der Waals surface area contributed by atoms with Crippen molar-refractivity contribution in [3.63, 3.8) is 0 Å². The Bertz CT molecular complexity index is 608. The summed E-state index contributed by atoms with van der Waals surface area (Å²) in [5.41, 5.74) is 9.46. The molecule has 0 saturated carbocycles. The molecular weight excluding hydrogens is 266 g/mol. The van der Waals surface area contributed by atoms with Gasteiger partial charge in [-0.3, -0.25) is 0 Å². The summed E-state index contributed by atoms with van der Waals surface area (Å²) in [5.74, 6) is 1.78.